The highest BCUT2D eigenvalue weighted by molar-refractivity contribution is 5.68. The third-order valence-electron chi connectivity index (χ3n) is 3.99. The van der Waals surface area contributed by atoms with Gasteiger partial charge in [0, 0.05) is 19.3 Å². The van der Waals surface area contributed by atoms with Crippen LogP contribution in [0.15, 0.2) is 0 Å². The molecule has 0 spiro atoms. The number of hydrogen-bond donors (Lipinski definition) is 2. The number of amides is 1. The molecule has 0 bridgehead atoms. The smallest absolute Gasteiger partial charge is 0.407 e. The summed E-state index contributed by atoms with van der Waals surface area (Å²) in [5.41, 5.74) is -0.479. The first-order valence-electron chi connectivity index (χ1n) is 8.34. The first-order chi connectivity index (χ1) is 10.4. The van der Waals surface area contributed by atoms with Crippen LogP contribution in [0, 0.1) is 0 Å². The van der Waals surface area contributed by atoms with Crippen LogP contribution < -0.4 is 10.6 Å². The molecule has 0 aromatic rings. The van der Waals surface area contributed by atoms with E-state index in [-0.39, 0.29) is 24.3 Å². The summed E-state index contributed by atoms with van der Waals surface area (Å²) in [5, 5.41) is 6.54. The van der Waals surface area contributed by atoms with Crippen molar-refractivity contribution in [1.82, 2.24) is 10.6 Å². The van der Waals surface area contributed by atoms with Crippen molar-refractivity contribution in [3.05, 3.63) is 0 Å². The summed E-state index contributed by atoms with van der Waals surface area (Å²) in [6, 6.07) is 0.512. The van der Waals surface area contributed by atoms with Crippen molar-refractivity contribution in [2.75, 3.05) is 19.8 Å². The average molecular weight is 314 g/mol. The number of alkyl carbamates (subject to hydrolysis) is 1. The van der Waals surface area contributed by atoms with Crippen LogP contribution >= 0.6 is 0 Å². The van der Waals surface area contributed by atoms with E-state index in [0.29, 0.717) is 12.6 Å². The second kappa shape index (κ2) is 7.62. The molecule has 6 heteroatoms. The van der Waals surface area contributed by atoms with Gasteiger partial charge in [-0.05, 0) is 47.0 Å². The zero-order valence-electron chi connectivity index (χ0n) is 14.2. The fourth-order valence-corrected chi connectivity index (χ4v) is 2.97. The Morgan fingerprint density at radius 3 is 2.73 bits per heavy atom. The summed E-state index contributed by atoms with van der Waals surface area (Å²) in [5.74, 6) is 0. The molecule has 1 saturated carbocycles. The van der Waals surface area contributed by atoms with Gasteiger partial charge in [-0.3, -0.25) is 0 Å². The summed E-state index contributed by atoms with van der Waals surface area (Å²) in [6.45, 7) is 9.85. The van der Waals surface area contributed by atoms with Crippen LogP contribution in [0.4, 0.5) is 4.79 Å². The van der Waals surface area contributed by atoms with Gasteiger partial charge < -0.3 is 24.8 Å². The molecule has 1 saturated heterocycles. The molecule has 2 rings (SSSR count). The third kappa shape index (κ3) is 5.11. The predicted octanol–water partition coefficient (Wildman–Crippen LogP) is 1.83. The van der Waals surface area contributed by atoms with Crippen molar-refractivity contribution < 1.29 is 19.0 Å². The van der Waals surface area contributed by atoms with Gasteiger partial charge in [0.25, 0.3) is 0 Å². The zero-order valence-corrected chi connectivity index (χ0v) is 14.2. The molecular weight excluding hydrogens is 284 g/mol. The van der Waals surface area contributed by atoms with E-state index in [4.69, 9.17) is 14.2 Å². The molecule has 0 aromatic heterocycles. The summed E-state index contributed by atoms with van der Waals surface area (Å²) in [7, 11) is 0. The van der Waals surface area contributed by atoms with Gasteiger partial charge in [-0.15, -0.1) is 0 Å². The molecule has 0 aromatic carbocycles. The number of rotatable bonds is 5. The van der Waals surface area contributed by atoms with Crippen molar-refractivity contribution in [3.63, 3.8) is 0 Å². The van der Waals surface area contributed by atoms with E-state index >= 15 is 0 Å². The van der Waals surface area contributed by atoms with Crippen LogP contribution in [-0.4, -0.2) is 55.7 Å². The van der Waals surface area contributed by atoms with Crippen molar-refractivity contribution in [2.45, 2.75) is 76.8 Å². The molecule has 1 heterocycles. The molecule has 0 radical (unpaired) electrons. The molecule has 4 atom stereocenters. The molecule has 1 amide bonds. The molecule has 1 aliphatic heterocycles. The maximum Gasteiger partial charge on any atom is 0.407 e. The van der Waals surface area contributed by atoms with E-state index < -0.39 is 5.60 Å². The maximum absolute atomic E-state index is 11.9. The largest absolute Gasteiger partial charge is 0.444 e. The van der Waals surface area contributed by atoms with Crippen LogP contribution in [0.1, 0.15) is 47.0 Å². The zero-order chi connectivity index (χ0) is 16.2. The maximum atomic E-state index is 11.9. The van der Waals surface area contributed by atoms with E-state index in [1.165, 1.54) is 0 Å². The summed E-state index contributed by atoms with van der Waals surface area (Å²) >= 11 is 0. The molecule has 6 nitrogen and oxygen atoms in total. The fraction of sp³-hybridized carbons (Fsp3) is 0.938. The lowest BCUT2D eigenvalue weighted by atomic mass is 9.82. The molecular formula is C16H30N2O4. The minimum Gasteiger partial charge on any atom is -0.444 e. The van der Waals surface area contributed by atoms with Gasteiger partial charge in [-0.25, -0.2) is 4.79 Å². The number of ether oxygens (including phenoxy) is 3. The van der Waals surface area contributed by atoms with Crippen molar-refractivity contribution in [3.8, 4) is 0 Å². The van der Waals surface area contributed by atoms with E-state index in [1.54, 1.807) is 0 Å². The second-order valence-electron chi connectivity index (χ2n) is 7.09. The minimum atomic E-state index is -0.479. The third-order valence-corrected chi connectivity index (χ3v) is 3.99. The van der Waals surface area contributed by atoms with Crippen molar-refractivity contribution in [2.24, 2.45) is 0 Å². The van der Waals surface area contributed by atoms with E-state index in [9.17, 15) is 4.79 Å². The summed E-state index contributed by atoms with van der Waals surface area (Å²) in [6.07, 6.45) is 2.78. The number of carbonyl (C=O) groups excluding carboxylic acids is 1. The summed E-state index contributed by atoms with van der Waals surface area (Å²) in [4.78, 5) is 11.9. The van der Waals surface area contributed by atoms with Gasteiger partial charge in [0.15, 0.2) is 0 Å². The normalized spacial score (nSPS) is 32.2. The Kier molecular flexibility index (Phi) is 6.06. The van der Waals surface area contributed by atoms with Gasteiger partial charge in [-0.1, -0.05) is 0 Å². The lowest BCUT2D eigenvalue weighted by molar-refractivity contribution is -0.0535. The quantitative estimate of drug-likeness (QED) is 0.810. The first kappa shape index (κ1) is 17.5. The number of carbonyl (C=O) groups is 1. The van der Waals surface area contributed by atoms with Crippen LogP contribution in [0.3, 0.4) is 0 Å². The molecule has 4 unspecified atom stereocenters. The average Bonchev–Trinajstić information content (AvgIpc) is 2.43. The van der Waals surface area contributed by atoms with E-state index in [1.807, 2.05) is 27.7 Å². The Bertz CT molecular complexity index is 364. The fourth-order valence-electron chi connectivity index (χ4n) is 2.97. The first-order valence-corrected chi connectivity index (χ1v) is 8.34. The highest BCUT2D eigenvalue weighted by Crippen LogP contribution is 2.26. The molecule has 128 valence electrons. The van der Waals surface area contributed by atoms with Crippen molar-refractivity contribution in [1.29, 1.82) is 0 Å². The molecule has 1 aliphatic carbocycles. The van der Waals surface area contributed by atoms with Crippen LogP contribution in [-0.2, 0) is 14.2 Å². The van der Waals surface area contributed by atoms with Crippen molar-refractivity contribution >= 4 is 6.09 Å². The monoisotopic (exact) mass is 314 g/mol. The van der Waals surface area contributed by atoms with Gasteiger partial charge in [0.2, 0.25) is 0 Å². The van der Waals surface area contributed by atoms with Gasteiger partial charge in [-0.2, -0.15) is 0 Å². The van der Waals surface area contributed by atoms with Gasteiger partial charge >= 0.3 is 6.09 Å². The topological polar surface area (TPSA) is 68.8 Å². The predicted molar refractivity (Wildman–Crippen MR) is 84.0 cm³/mol. The van der Waals surface area contributed by atoms with Crippen LogP contribution in [0.5, 0.6) is 0 Å². The molecule has 2 N–H and O–H groups in total. The van der Waals surface area contributed by atoms with E-state index in [2.05, 4.69) is 10.6 Å². The second-order valence-corrected chi connectivity index (χ2v) is 7.09. The van der Waals surface area contributed by atoms with E-state index in [0.717, 1.165) is 32.5 Å². The standard InChI is InChI=1S/C16H30N2O4/c1-5-21-13-9-12(18-15(19)22-16(2,3)4)14(13)17-11-7-6-8-20-10-11/h11-14,17H,5-10H2,1-4H3,(H,18,19). The Labute approximate surface area is 133 Å². The summed E-state index contributed by atoms with van der Waals surface area (Å²) < 4.78 is 16.6. The van der Waals surface area contributed by atoms with Gasteiger partial charge in [0.05, 0.1) is 24.8 Å². The number of nitrogens with one attached hydrogen (secondary N) is 2. The Morgan fingerprint density at radius 1 is 1.36 bits per heavy atom. The molecule has 2 aliphatic rings. The lowest BCUT2D eigenvalue weighted by Crippen LogP contribution is -2.68. The Hall–Kier alpha value is -0.850. The highest BCUT2D eigenvalue weighted by atomic mass is 16.6. The molecule has 2 fully saturated rings. The number of hydrogen-bond acceptors (Lipinski definition) is 5. The molecule has 22 heavy (non-hydrogen) atoms. The van der Waals surface area contributed by atoms with Gasteiger partial charge in [0.1, 0.15) is 5.60 Å². The minimum absolute atomic E-state index is 0.0494. The lowest BCUT2D eigenvalue weighted by Gasteiger charge is -2.46. The van der Waals surface area contributed by atoms with Crippen LogP contribution in [0.25, 0.3) is 0 Å². The SMILES string of the molecule is CCOC1CC(NC(=O)OC(C)(C)C)C1NC1CCCOC1. The Balaban J connectivity index is 1.85. The Morgan fingerprint density at radius 2 is 2.14 bits per heavy atom. The van der Waals surface area contributed by atoms with Crippen LogP contribution in [0.2, 0.25) is 0 Å². The highest BCUT2D eigenvalue weighted by Gasteiger charge is 2.44.